The van der Waals surface area contributed by atoms with Gasteiger partial charge in [-0.05, 0) is 74.3 Å². The van der Waals surface area contributed by atoms with Crippen molar-refractivity contribution >= 4 is 37.8 Å². The van der Waals surface area contributed by atoms with Crippen molar-refractivity contribution in [1.29, 1.82) is 0 Å². The zero-order valence-electron chi connectivity index (χ0n) is 13.5. The Morgan fingerprint density at radius 1 is 0.923 bits per heavy atom. The van der Waals surface area contributed by atoms with Gasteiger partial charge in [0.2, 0.25) is 11.8 Å². The van der Waals surface area contributed by atoms with Gasteiger partial charge in [-0.1, -0.05) is 0 Å². The number of aromatic nitrogens is 2. The van der Waals surface area contributed by atoms with Crippen LogP contribution >= 0.6 is 31.9 Å². The molecule has 1 aromatic carbocycles. The fraction of sp³-hybridized carbons (Fsp3) is 0.0556. The van der Waals surface area contributed by atoms with Gasteiger partial charge < -0.3 is 9.47 Å². The van der Waals surface area contributed by atoms with Gasteiger partial charge >= 0.3 is 5.97 Å². The first-order valence-electron chi connectivity index (χ1n) is 7.23. The summed E-state index contributed by atoms with van der Waals surface area (Å²) in [5.41, 5.74) is 0.480. The molecule has 0 radical (unpaired) electrons. The van der Waals surface area contributed by atoms with E-state index < -0.39 is 5.95 Å². The Bertz CT molecular complexity index is 821. The fourth-order valence-electron chi connectivity index (χ4n) is 1.68. The summed E-state index contributed by atoms with van der Waals surface area (Å²) in [5, 5.41) is 0. The van der Waals surface area contributed by atoms with E-state index in [1.165, 1.54) is 19.4 Å². The van der Waals surface area contributed by atoms with Gasteiger partial charge in [0, 0.05) is 27.4 Å². The van der Waals surface area contributed by atoms with E-state index in [2.05, 4.69) is 46.6 Å². The fourth-order valence-corrected chi connectivity index (χ4v) is 2.15. The summed E-state index contributed by atoms with van der Waals surface area (Å²) in [5.74, 6) is 0.276. The third kappa shape index (κ3) is 6.53. The topological polar surface area (TPSA) is 61.3 Å². The summed E-state index contributed by atoms with van der Waals surface area (Å²) in [6.45, 7) is 0. The van der Waals surface area contributed by atoms with Crippen LogP contribution < -0.4 is 4.74 Å². The summed E-state index contributed by atoms with van der Waals surface area (Å²) in [6.07, 6.45) is 3.06. The van der Waals surface area contributed by atoms with Crippen molar-refractivity contribution in [3.05, 3.63) is 81.4 Å². The first-order valence-corrected chi connectivity index (χ1v) is 8.81. The first-order chi connectivity index (χ1) is 12.5. The second kappa shape index (κ2) is 9.98. The molecule has 2 aromatic heterocycles. The first kappa shape index (κ1) is 20.0. The third-order valence-electron chi connectivity index (χ3n) is 2.89. The zero-order chi connectivity index (χ0) is 18.9. The van der Waals surface area contributed by atoms with Crippen LogP contribution in [0.5, 0.6) is 11.6 Å². The van der Waals surface area contributed by atoms with E-state index in [9.17, 15) is 9.18 Å². The van der Waals surface area contributed by atoms with Crippen LogP contribution in [0.1, 0.15) is 10.4 Å². The van der Waals surface area contributed by atoms with Crippen molar-refractivity contribution in [2.45, 2.75) is 0 Å². The van der Waals surface area contributed by atoms with E-state index in [1.54, 1.807) is 42.6 Å². The molecular weight excluding hydrogens is 471 g/mol. The molecule has 0 saturated carbocycles. The average Bonchev–Trinajstić information content (AvgIpc) is 2.66. The standard InChI is InChI=1S/C13H10BrNO3.C5H3BrFN/c1-17-13(16)9-2-5-11(6-3-9)18-12-7-4-10(14)8-15-12;6-4-1-2-5(7)8-3-4/h2-8H,1H3;1-3H. The molecular formula is C18H13Br2FN2O3. The molecule has 0 saturated heterocycles. The normalized spacial score (nSPS) is 9.69. The Labute approximate surface area is 166 Å². The van der Waals surface area contributed by atoms with Crippen molar-refractivity contribution in [2.24, 2.45) is 0 Å². The summed E-state index contributed by atoms with van der Waals surface area (Å²) in [6, 6.07) is 13.1. The lowest BCUT2D eigenvalue weighted by Gasteiger charge is -2.05. The molecule has 0 amide bonds. The predicted molar refractivity (Wildman–Crippen MR) is 102 cm³/mol. The number of methoxy groups -OCH3 is 1. The average molecular weight is 484 g/mol. The van der Waals surface area contributed by atoms with E-state index >= 15 is 0 Å². The molecule has 3 rings (SSSR count). The number of hydrogen-bond donors (Lipinski definition) is 0. The number of carbonyl (C=O) groups excluding carboxylic acids is 1. The van der Waals surface area contributed by atoms with Crippen LogP contribution in [-0.2, 0) is 4.74 Å². The summed E-state index contributed by atoms with van der Waals surface area (Å²) < 4.78 is 23.8. The molecule has 0 N–H and O–H groups in total. The van der Waals surface area contributed by atoms with Crippen molar-refractivity contribution in [3.8, 4) is 11.6 Å². The smallest absolute Gasteiger partial charge is 0.337 e. The molecule has 8 heteroatoms. The molecule has 0 aliphatic rings. The van der Waals surface area contributed by atoms with Gasteiger partial charge in [-0.2, -0.15) is 4.39 Å². The molecule has 0 fully saturated rings. The summed E-state index contributed by atoms with van der Waals surface area (Å²) in [7, 11) is 1.35. The maximum atomic E-state index is 12.0. The summed E-state index contributed by atoms with van der Waals surface area (Å²) >= 11 is 6.41. The molecule has 26 heavy (non-hydrogen) atoms. The second-order valence-electron chi connectivity index (χ2n) is 4.73. The van der Waals surface area contributed by atoms with Crippen molar-refractivity contribution < 1.29 is 18.7 Å². The minimum absolute atomic E-state index is 0.372. The number of halogens is 3. The molecule has 3 aromatic rings. The van der Waals surface area contributed by atoms with Gasteiger partial charge in [-0.15, -0.1) is 0 Å². The molecule has 2 heterocycles. The second-order valence-corrected chi connectivity index (χ2v) is 6.56. The van der Waals surface area contributed by atoms with E-state index in [-0.39, 0.29) is 5.97 Å². The number of ether oxygens (including phenoxy) is 2. The number of nitrogens with zero attached hydrogens (tertiary/aromatic N) is 2. The van der Waals surface area contributed by atoms with E-state index in [1.807, 2.05) is 6.07 Å². The van der Waals surface area contributed by atoms with Crippen molar-refractivity contribution in [3.63, 3.8) is 0 Å². The monoisotopic (exact) mass is 482 g/mol. The maximum absolute atomic E-state index is 12.0. The van der Waals surface area contributed by atoms with Crippen LogP contribution in [0.4, 0.5) is 4.39 Å². The molecule has 0 aliphatic carbocycles. The van der Waals surface area contributed by atoms with Crippen LogP contribution in [0.2, 0.25) is 0 Å². The van der Waals surface area contributed by atoms with E-state index in [0.29, 0.717) is 17.2 Å². The van der Waals surface area contributed by atoms with E-state index in [0.717, 1.165) is 8.95 Å². The Morgan fingerprint density at radius 2 is 1.54 bits per heavy atom. The zero-order valence-corrected chi connectivity index (χ0v) is 16.7. The third-order valence-corrected chi connectivity index (χ3v) is 3.83. The Morgan fingerprint density at radius 3 is 2.00 bits per heavy atom. The van der Waals surface area contributed by atoms with Gasteiger partial charge in [0.1, 0.15) is 5.75 Å². The maximum Gasteiger partial charge on any atom is 0.337 e. The molecule has 0 spiro atoms. The van der Waals surface area contributed by atoms with Gasteiger partial charge in [-0.3, -0.25) is 0 Å². The molecule has 0 aliphatic heterocycles. The number of rotatable bonds is 3. The molecule has 5 nitrogen and oxygen atoms in total. The Balaban J connectivity index is 0.000000254. The highest BCUT2D eigenvalue weighted by molar-refractivity contribution is 9.10. The van der Waals surface area contributed by atoms with Crippen LogP contribution in [0.15, 0.2) is 69.9 Å². The van der Waals surface area contributed by atoms with Crippen LogP contribution in [0, 0.1) is 5.95 Å². The number of hydrogen-bond acceptors (Lipinski definition) is 5. The van der Waals surface area contributed by atoms with Crippen molar-refractivity contribution in [1.82, 2.24) is 9.97 Å². The number of esters is 1. The van der Waals surface area contributed by atoms with E-state index in [4.69, 9.17) is 4.74 Å². The lowest BCUT2D eigenvalue weighted by molar-refractivity contribution is 0.0600. The minimum atomic E-state index is -0.451. The van der Waals surface area contributed by atoms with Gasteiger partial charge in [0.25, 0.3) is 0 Å². The van der Waals surface area contributed by atoms with Crippen molar-refractivity contribution in [2.75, 3.05) is 7.11 Å². The summed E-state index contributed by atoms with van der Waals surface area (Å²) in [4.78, 5) is 18.7. The van der Waals surface area contributed by atoms with Crippen LogP contribution in [0.25, 0.3) is 0 Å². The number of benzene rings is 1. The Hall–Kier alpha value is -2.32. The molecule has 0 atom stereocenters. The Kier molecular flexibility index (Phi) is 7.68. The van der Waals surface area contributed by atoms with Crippen LogP contribution in [0.3, 0.4) is 0 Å². The SMILES string of the molecule is COC(=O)c1ccc(Oc2ccc(Br)cn2)cc1.Fc1ccc(Br)cn1. The highest BCUT2D eigenvalue weighted by Gasteiger charge is 2.05. The van der Waals surface area contributed by atoms with Gasteiger partial charge in [0.15, 0.2) is 0 Å². The molecule has 0 bridgehead atoms. The molecule has 0 unspecified atom stereocenters. The molecule has 134 valence electrons. The van der Waals surface area contributed by atoms with Gasteiger partial charge in [-0.25, -0.2) is 14.8 Å². The predicted octanol–water partition coefficient (Wildman–Crippen LogP) is 5.41. The lowest BCUT2D eigenvalue weighted by atomic mass is 10.2. The highest BCUT2D eigenvalue weighted by Crippen LogP contribution is 2.21. The van der Waals surface area contributed by atoms with Crippen LogP contribution in [-0.4, -0.2) is 23.0 Å². The minimum Gasteiger partial charge on any atom is -0.465 e. The van der Waals surface area contributed by atoms with Gasteiger partial charge in [0.05, 0.1) is 12.7 Å². The highest BCUT2D eigenvalue weighted by atomic mass is 79.9. The quantitative estimate of drug-likeness (QED) is 0.368. The number of carbonyl (C=O) groups is 1. The lowest BCUT2D eigenvalue weighted by Crippen LogP contribution is -2.00. The largest absolute Gasteiger partial charge is 0.465 e. The number of pyridine rings is 2.